The first-order valence-electron chi connectivity index (χ1n) is 10.0. The summed E-state index contributed by atoms with van der Waals surface area (Å²) in [6.07, 6.45) is 2.98. The van der Waals surface area contributed by atoms with Gasteiger partial charge in [0.1, 0.15) is 12.1 Å². The number of hydrogen-bond acceptors (Lipinski definition) is 6. The summed E-state index contributed by atoms with van der Waals surface area (Å²) in [5.41, 5.74) is 8.98. The first kappa shape index (κ1) is 20.1. The quantitative estimate of drug-likeness (QED) is 0.789. The minimum Gasteiger partial charge on any atom is -0.387 e. The summed E-state index contributed by atoms with van der Waals surface area (Å²) in [5, 5.41) is 10.8. The molecule has 0 radical (unpaired) electrons. The molecule has 1 amide bonds. The third kappa shape index (κ3) is 4.08. The standard InChI is InChI=1S/C21H26ClN5O2/c1-13-11-26(21(29)17(23)10-14-2-4-15(22)5-3-14)8-9-27(13)20-16-6-7-18(28)19(16)24-12-25-20/h2-5,12-13,17-18,28H,6-11,23H2,1H3. The predicted molar refractivity (Wildman–Crippen MR) is 112 cm³/mol. The lowest BCUT2D eigenvalue weighted by atomic mass is 10.0. The van der Waals surface area contributed by atoms with Crippen LogP contribution < -0.4 is 10.6 Å². The van der Waals surface area contributed by atoms with Crippen molar-refractivity contribution >= 4 is 23.3 Å². The minimum absolute atomic E-state index is 0.0326. The Balaban J connectivity index is 1.41. The van der Waals surface area contributed by atoms with Crippen LogP contribution in [0.5, 0.6) is 0 Å². The number of nitrogens with zero attached hydrogens (tertiary/aromatic N) is 4. The van der Waals surface area contributed by atoms with E-state index in [1.54, 1.807) is 0 Å². The molecular weight excluding hydrogens is 390 g/mol. The first-order valence-corrected chi connectivity index (χ1v) is 10.4. The van der Waals surface area contributed by atoms with Crippen molar-refractivity contribution in [3.63, 3.8) is 0 Å². The molecule has 1 aromatic heterocycles. The highest BCUT2D eigenvalue weighted by atomic mass is 35.5. The number of hydrogen-bond donors (Lipinski definition) is 2. The maximum atomic E-state index is 12.9. The Labute approximate surface area is 175 Å². The van der Waals surface area contributed by atoms with Crippen molar-refractivity contribution in [3.8, 4) is 0 Å². The van der Waals surface area contributed by atoms with Crippen molar-refractivity contribution in [1.29, 1.82) is 0 Å². The summed E-state index contributed by atoms with van der Waals surface area (Å²) >= 11 is 5.92. The zero-order valence-electron chi connectivity index (χ0n) is 16.5. The van der Waals surface area contributed by atoms with Crippen LogP contribution in [-0.4, -0.2) is 57.6 Å². The summed E-state index contributed by atoms with van der Waals surface area (Å²) in [5.74, 6) is 0.853. The zero-order valence-corrected chi connectivity index (χ0v) is 17.2. The summed E-state index contributed by atoms with van der Waals surface area (Å²) in [4.78, 5) is 25.7. The van der Waals surface area contributed by atoms with Crippen molar-refractivity contribution in [2.45, 2.75) is 44.4 Å². The number of piperazine rings is 1. The van der Waals surface area contributed by atoms with Crippen LogP contribution in [-0.2, 0) is 17.6 Å². The number of anilines is 1. The van der Waals surface area contributed by atoms with E-state index in [0.29, 0.717) is 37.5 Å². The van der Waals surface area contributed by atoms with E-state index < -0.39 is 12.1 Å². The Kier molecular flexibility index (Phi) is 5.72. The van der Waals surface area contributed by atoms with Crippen LogP contribution in [0.4, 0.5) is 5.82 Å². The third-order valence-electron chi connectivity index (χ3n) is 5.84. The fraction of sp³-hybridized carbons (Fsp3) is 0.476. The van der Waals surface area contributed by atoms with Gasteiger partial charge in [0.05, 0.1) is 17.8 Å². The summed E-state index contributed by atoms with van der Waals surface area (Å²) in [7, 11) is 0. The van der Waals surface area contributed by atoms with Crippen molar-refractivity contribution in [1.82, 2.24) is 14.9 Å². The van der Waals surface area contributed by atoms with Crippen LogP contribution in [0.15, 0.2) is 30.6 Å². The number of nitrogens with two attached hydrogens (primary N) is 1. The smallest absolute Gasteiger partial charge is 0.239 e. The van der Waals surface area contributed by atoms with E-state index in [1.807, 2.05) is 29.2 Å². The number of amides is 1. The molecular formula is C21H26ClN5O2. The molecule has 1 saturated heterocycles. The fourth-order valence-corrected chi connectivity index (χ4v) is 4.40. The number of aliphatic hydroxyl groups excluding tert-OH is 1. The Morgan fingerprint density at radius 2 is 2.07 bits per heavy atom. The topological polar surface area (TPSA) is 95.6 Å². The SMILES string of the molecule is CC1CN(C(=O)C(N)Cc2ccc(Cl)cc2)CCN1c1ncnc2c1CCC2O. The van der Waals surface area contributed by atoms with Gasteiger partial charge in [-0.25, -0.2) is 9.97 Å². The van der Waals surface area contributed by atoms with Gasteiger partial charge in [-0.05, 0) is 43.9 Å². The number of fused-ring (bicyclic) bond motifs is 1. The lowest BCUT2D eigenvalue weighted by Crippen LogP contribution is -2.57. The molecule has 3 unspecified atom stereocenters. The normalized spacial score (nSPS) is 22.5. The highest BCUT2D eigenvalue weighted by molar-refractivity contribution is 6.30. The molecule has 1 aliphatic heterocycles. The number of carbonyl (C=O) groups is 1. The van der Waals surface area contributed by atoms with Gasteiger partial charge in [-0.3, -0.25) is 4.79 Å². The monoisotopic (exact) mass is 415 g/mol. The minimum atomic E-state index is -0.576. The predicted octanol–water partition coefficient (Wildman–Crippen LogP) is 1.72. The molecule has 1 aliphatic carbocycles. The highest BCUT2D eigenvalue weighted by Gasteiger charge is 2.33. The molecule has 154 valence electrons. The molecule has 2 heterocycles. The second-order valence-corrected chi connectivity index (χ2v) is 8.32. The Morgan fingerprint density at radius 3 is 2.79 bits per heavy atom. The van der Waals surface area contributed by atoms with Gasteiger partial charge in [-0.1, -0.05) is 23.7 Å². The van der Waals surface area contributed by atoms with Crippen LogP contribution in [0.3, 0.4) is 0 Å². The molecule has 1 fully saturated rings. The van der Waals surface area contributed by atoms with Gasteiger partial charge in [-0.15, -0.1) is 0 Å². The average molecular weight is 416 g/mol. The van der Waals surface area contributed by atoms with Gasteiger partial charge in [0.15, 0.2) is 0 Å². The molecule has 2 aliphatic rings. The van der Waals surface area contributed by atoms with Crippen molar-refractivity contribution in [3.05, 3.63) is 52.4 Å². The summed E-state index contributed by atoms with van der Waals surface area (Å²) < 4.78 is 0. The van der Waals surface area contributed by atoms with Crippen LogP contribution in [0.2, 0.25) is 5.02 Å². The second kappa shape index (κ2) is 8.26. The number of benzene rings is 1. The van der Waals surface area contributed by atoms with Gasteiger partial charge < -0.3 is 20.6 Å². The van der Waals surface area contributed by atoms with E-state index in [9.17, 15) is 9.90 Å². The summed E-state index contributed by atoms with van der Waals surface area (Å²) in [6, 6.07) is 6.96. The Bertz CT molecular complexity index is 891. The van der Waals surface area contributed by atoms with Gasteiger partial charge in [0, 0.05) is 36.3 Å². The van der Waals surface area contributed by atoms with Crippen LogP contribution in [0, 0.1) is 0 Å². The fourth-order valence-electron chi connectivity index (χ4n) is 4.28. The van der Waals surface area contributed by atoms with Crippen LogP contribution in [0.25, 0.3) is 0 Å². The van der Waals surface area contributed by atoms with E-state index in [2.05, 4.69) is 21.8 Å². The van der Waals surface area contributed by atoms with Gasteiger partial charge in [-0.2, -0.15) is 0 Å². The van der Waals surface area contributed by atoms with E-state index in [-0.39, 0.29) is 11.9 Å². The maximum Gasteiger partial charge on any atom is 0.239 e. The molecule has 29 heavy (non-hydrogen) atoms. The second-order valence-electron chi connectivity index (χ2n) is 7.88. The van der Waals surface area contributed by atoms with Crippen LogP contribution >= 0.6 is 11.6 Å². The van der Waals surface area contributed by atoms with Crippen molar-refractivity contribution < 1.29 is 9.90 Å². The Morgan fingerprint density at radius 1 is 1.31 bits per heavy atom. The molecule has 0 saturated carbocycles. The number of aliphatic hydroxyl groups is 1. The average Bonchev–Trinajstić information content (AvgIpc) is 3.10. The lowest BCUT2D eigenvalue weighted by molar-refractivity contribution is -0.133. The number of aromatic nitrogens is 2. The molecule has 8 heteroatoms. The third-order valence-corrected chi connectivity index (χ3v) is 6.09. The van der Waals surface area contributed by atoms with Crippen molar-refractivity contribution in [2.24, 2.45) is 5.73 Å². The maximum absolute atomic E-state index is 12.9. The first-order chi connectivity index (χ1) is 13.9. The van der Waals surface area contributed by atoms with Crippen molar-refractivity contribution in [2.75, 3.05) is 24.5 Å². The molecule has 0 spiro atoms. The van der Waals surface area contributed by atoms with E-state index in [0.717, 1.165) is 29.1 Å². The van der Waals surface area contributed by atoms with E-state index in [1.165, 1.54) is 6.33 Å². The highest BCUT2D eigenvalue weighted by Crippen LogP contribution is 2.35. The van der Waals surface area contributed by atoms with E-state index in [4.69, 9.17) is 17.3 Å². The lowest BCUT2D eigenvalue weighted by Gasteiger charge is -2.41. The largest absolute Gasteiger partial charge is 0.387 e. The number of rotatable bonds is 4. The number of carbonyl (C=O) groups excluding carboxylic acids is 1. The molecule has 1 aromatic carbocycles. The van der Waals surface area contributed by atoms with Gasteiger partial charge in [0.2, 0.25) is 5.91 Å². The molecule has 3 atom stereocenters. The van der Waals surface area contributed by atoms with Gasteiger partial charge >= 0.3 is 0 Å². The van der Waals surface area contributed by atoms with Crippen LogP contribution in [0.1, 0.15) is 36.3 Å². The molecule has 2 aromatic rings. The van der Waals surface area contributed by atoms with E-state index >= 15 is 0 Å². The molecule has 3 N–H and O–H groups in total. The molecule has 4 rings (SSSR count). The van der Waals surface area contributed by atoms with Gasteiger partial charge in [0.25, 0.3) is 0 Å². The summed E-state index contributed by atoms with van der Waals surface area (Å²) in [6.45, 7) is 3.96. The number of halogens is 1. The Hall–Kier alpha value is -2.22. The zero-order chi connectivity index (χ0) is 20.5. The molecule has 7 nitrogen and oxygen atoms in total. The molecule has 0 bridgehead atoms.